The summed E-state index contributed by atoms with van der Waals surface area (Å²) in [6.45, 7) is 5.64. The van der Waals surface area contributed by atoms with Crippen molar-refractivity contribution in [3.05, 3.63) is 0 Å². The molecule has 5 heteroatoms. The Morgan fingerprint density at radius 3 is 2.44 bits per heavy atom. The highest BCUT2D eigenvalue weighted by Crippen LogP contribution is 2.19. The van der Waals surface area contributed by atoms with Crippen LogP contribution in [0.1, 0.15) is 32.6 Å². The molecule has 2 fully saturated rings. The topological polar surface area (TPSA) is 59.6 Å². The molecule has 18 heavy (non-hydrogen) atoms. The Morgan fingerprint density at radius 2 is 1.78 bits per heavy atom. The summed E-state index contributed by atoms with van der Waals surface area (Å²) in [4.78, 5) is 11.9. The van der Waals surface area contributed by atoms with E-state index in [4.69, 9.17) is 9.47 Å². The molecule has 0 radical (unpaired) electrons. The Kier molecular flexibility index (Phi) is 4.97. The smallest absolute Gasteiger partial charge is 0.234 e. The van der Waals surface area contributed by atoms with Crippen molar-refractivity contribution < 1.29 is 14.3 Å². The molecule has 2 aliphatic heterocycles. The summed E-state index contributed by atoms with van der Waals surface area (Å²) >= 11 is 0. The van der Waals surface area contributed by atoms with Crippen molar-refractivity contribution in [3.63, 3.8) is 0 Å². The van der Waals surface area contributed by atoms with Crippen LogP contribution < -0.4 is 10.6 Å². The average molecular weight is 256 g/mol. The van der Waals surface area contributed by atoms with E-state index in [-0.39, 0.29) is 17.5 Å². The molecule has 2 heterocycles. The van der Waals surface area contributed by atoms with Crippen molar-refractivity contribution in [3.8, 4) is 0 Å². The minimum Gasteiger partial charge on any atom is -0.381 e. The van der Waals surface area contributed by atoms with Gasteiger partial charge in [-0.15, -0.1) is 0 Å². The number of hydrogen-bond donors (Lipinski definition) is 2. The van der Waals surface area contributed by atoms with Crippen LogP contribution >= 0.6 is 0 Å². The van der Waals surface area contributed by atoms with Crippen LogP contribution in [-0.4, -0.2) is 50.5 Å². The van der Waals surface area contributed by atoms with Crippen molar-refractivity contribution in [2.24, 2.45) is 0 Å². The predicted molar refractivity (Wildman–Crippen MR) is 68.4 cm³/mol. The standard InChI is InChI=1S/C13H24N2O3/c1-13(4-8-18-9-5-13)14-10-12(16)15-11-2-6-17-7-3-11/h11,14H,2-10H2,1H3,(H,15,16). The number of ether oxygens (including phenoxy) is 2. The van der Waals surface area contributed by atoms with E-state index in [1.807, 2.05) is 0 Å². The lowest BCUT2D eigenvalue weighted by Gasteiger charge is -2.34. The number of rotatable bonds is 4. The third-order valence-corrected chi connectivity index (χ3v) is 3.86. The summed E-state index contributed by atoms with van der Waals surface area (Å²) in [5.74, 6) is 0.0922. The fourth-order valence-electron chi connectivity index (χ4n) is 2.41. The van der Waals surface area contributed by atoms with E-state index >= 15 is 0 Å². The van der Waals surface area contributed by atoms with Gasteiger partial charge in [-0.25, -0.2) is 0 Å². The van der Waals surface area contributed by atoms with Crippen molar-refractivity contribution in [2.45, 2.75) is 44.2 Å². The van der Waals surface area contributed by atoms with Crippen molar-refractivity contribution >= 4 is 5.91 Å². The Bertz CT molecular complexity index is 271. The lowest BCUT2D eigenvalue weighted by molar-refractivity contribution is -0.122. The molecule has 2 saturated heterocycles. The average Bonchev–Trinajstić information content (AvgIpc) is 2.39. The van der Waals surface area contributed by atoms with Gasteiger partial charge in [-0.1, -0.05) is 0 Å². The summed E-state index contributed by atoms with van der Waals surface area (Å²) in [5, 5.41) is 6.43. The van der Waals surface area contributed by atoms with Gasteiger partial charge in [0, 0.05) is 38.0 Å². The first-order chi connectivity index (χ1) is 8.68. The summed E-state index contributed by atoms with van der Waals surface area (Å²) in [7, 11) is 0. The van der Waals surface area contributed by atoms with Gasteiger partial charge < -0.3 is 20.1 Å². The zero-order chi connectivity index (χ0) is 12.8. The first-order valence-electron chi connectivity index (χ1n) is 6.88. The Hall–Kier alpha value is -0.650. The molecule has 0 aromatic rings. The molecule has 0 aromatic carbocycles. The fourth-order valence-corrected chi connectivity index (χ4v) is 2.41. The third kappa shape index (κ3) is 4.23. The highest BCUT2D eigenvalue weighted by atomic mass is 16.5. The molecular weight excluding hydrogens is 232 g/mol. The predicted octanol–water partition coefficient (Wildman–Crippen LogP) is 0.440. The molecule has 0 atom stereocenters. The van der Waals surface area contributed by atoms with Gasteiger partial charge in [0.2, 0.25) is 5.91 Å². The maximum atomic E-state index is 11.9. The van der Waals surface area contributed by atoms with E-state index < -0.39 is 0 Å². The summed E-state index contributed by atoms with van der Waals surface area (Å²) in [5.41, 5.74) is 0.0469. The van der Waals surface area contributed by atoms with Crippen molar-refractivity contribution in [1.29, 1.82) is 0 Å². The molecular formula is C13H24N2O3. The third-order valence-electron chi connectivity index (χ3n) is 3.86. The van der Waals surface area contributed by atoms with E-state index in [2.05, 4.69) is 17.6 Å². The van der Waals surface area contributed by atoms with Crippen LogP contribution in [0.5, 0.6) is 0 Å². The van der Waals surface area contributed by atoms with Crippen molar-refractivity contribution in [1.82, 2.24) is 10.6 Å². The van der Waals surface area contributed by atoms with Gasteiger partial charge in [-0.3, -0.25) is 4.79 Å². The maximum Gasteiger partial charge on any atom is 0.234 e. The quantitative estimate of drug-likeness (QED) is 0.766. The monoisotopic (exact) mass is 256 g/mol. The lowest BCUT2D eigenvalue weighted by atomic mass is 9.92. The minimum atomic E-state index is 0.0469. The summed E-state index contributed by atoms with van der Waals surface area (Å²) in [6, 6.07) is 0.288. The first-order valence-corrected chi connectivity index (χ1v) is 6.88. The second-order valence-corrected chi connectivity index (χ2v) is 5.48. The second-order valence-electron chi connectivity index (χ2n) is 5.48. The Labute approximate surface area is 109 Å². The Balaban J connectivity index is 1.67. The van der Waals surface area contributed by atoms with Crippen LogP contribution in [0.3, 0.4) is 0 Å². The van der Waals surface area contributed by atoms with Gasteiger partial charge in [0.25, 0.3) is 0 Å². The number of carbonyl (C=O) groups is 1. The van der Waals surface area contributed by atoms with E-state index in [0.29, 0.717) is 6.54 Å². The molecule has 0 bridgehead atoms. The lowest BCUT2D eigenvalue weighted by Crippen LogP contribution is -2.51. The van der Waals surface area contributed by atoms with Gasteiger partial charge in [0.15, 0.2) is 0 Å². The zero-order valence-electron chi connectivity index (χ0n) is 11.2. The second kappa shape index (κ2) is 6.50. The van der Waals surface area contributed by atoms with Crippen LogP contribution in [0.25, 0.3) is 0 Å². The van der Waals surface area contributed by atoms with Crippen LogP contribution in [0.15, 0.2) is 0 Å². The molecule has 0 aliphatic carbocycles. The van der Waals surface area contributed by atoms with Crippen LogP contribution in [-0.2, 0) is 14.3 Å². The molecule has 2 rings (SSSR count). The number of carbonyl (C=O) groups excluding carboxylic acids is 1. The zero-order valence-corrected chi connectivity index (χ0v) is 11.2. The molecule has 0 spiro atoms. The van der Waals surface area contributed by atoms with Gasteiger partial charge in [0.05, 0.1) is 6.54 Å². The molecule has 104 valence electrons. The van der Waals surface area contributed by atoms with Gasteiger partial charge >= 0.3 is 0 Å². The summed E-state index contributed by atoms with van der Waals surface area (Å²) < 4.78 is 10.6. The molecule has 0 aromatic heterocycles. The van der Waals surface area contributed by atoms with Crippen LogP contribution in [0.2, 0.25) is 0 Å². The first kappa shape index (κ1) is 13.8. The molecule has 0 saturated carbocycles. The summed E-state index contributed by atoms with van der Waals surface area (Å²) in [6.07, 6.45) is 3.79. The SMILES string of the molecule is CC1(NCC(=O)NC2CCOCC2)CCOCC1. The van der Waals surface area contributed by atoms with Crippen molar-refractivity contribution in [2.75, 3.05) is 33.0 Å². The van der Waals surface area contributed by atoms with E-state index in [1.54, 1.807) is 0 Å². The van der Waals surface area contributed by atoms with Gasteiger partial charge in [0.1, 0.15) is 0 Å². The van der Waals surface area contributed by atoms with Gasteiger partial charge in [-0.2, -0.15) is 0 Å². The molecule has 2 aliphatic rings. The molecule has 1 amide bonds. The maximum absolute atomic E-state index is 11.9. The number of hydrogen-bond acceptors (Lipinski definition) is 4. The van der Waals surface area contributed by atoms with E-state index in [9.17, 15) is 4.79 Å². The molecule has 0 unspecified atom stereocenters. The fraction of sp³-hybridized carbons (Fsp3) is 0.923. The number of nitrogens with one attached hydrogen (secondary N) is 2. The molecule has 2 N–H and O–H groups in total. The van der Waals surface area contributed by atoms with E-state index in [0.717, 1.165) is 52.1 Å². The Morgan fingerprint density at radius 1 is 1.17 bits per heavy atom. The van der Waals surface area contributed by atoms with Gasteiger partial charge in [-0.05, 0) is 32.6 Å². The largest absolute Gasteiger partial charge is 0.381 e. The minimum absolute atomic E-state index is 0.0469. The number of amides is 1. The van der Waals surface area contributed by atoms with Crippen LogP contribution in [0, 0.1) is 0 Å². The molecule has 5 nitrogen and oxygen atoms in total. The highest BCUT2D eigenvalue weighted by molar-refractivity contribution is 5.78. The van der Waals surface area contributed by atoms with Crippen LogP contribution in [0.4, 0.5) is 0 Å². The van der Waals surface area contributed by atoms with E-state index in [1.165, 1.54) is 0 Å². The highest BCUT2D eigenvalue weighted by Gasteiger charge is 2.27. The normalized spacial score (nSPS) is 24.7.